The quantitative estimate of drug-likeness (QED) is 0.140. The molecule has 1 N–H and O–H groups in total. The molecule has 1 aliphatic heterocycles. The highest BCUT2D eigenvalue weighted by atomic mass is 16.5. The van der Waals surface area contributed by atoms with Gasteiger partial charge in [-0.05, 0) is 60.2 Å². The minimum Gasteiger partial charge on any atom is -0.507 e. The number of imidazole rings is 1. The Bertz CT molecular complexity index is 1540. The van der Waals surface area contributed by atoms with E-state index in [2.05, 4.69) is 24.9 Å². The monoisotopic (exact) mass is 549 g/mol. The average molecular weight is 550 g/mol. The van der Waals surface area contributed by atoms with Crippen LogP contribution in [0.25, 0.3) is 5.76 Å². The van der Waals surface area contributed by atoms with Crippen LogP contribution in [0.2, 0.25) is 0 Å². The molecule has 0 bridgehead atoms. The third-order valence-electron chi connectivity index (χ3n) is 7.45. The molecular formula is C34H35N3O4. The first-order chi connectivity index (χ1) is 19.8. The summed E-state index contributed by atoms with van der Waals surface area (Å²) < 4.78 is 7.86. The summed E-state index contributed by atoms with van der Waals surface area (Å²) in [5.74, 6) is -0.485. The van der Waals surface area contributed by atoms with Crippen LogP contribution < -0.4 is 4.74 Å². The summed E-state index contributed by atoms with van der Waals surface area (Å²) >= 11 is 0. The molecule has 4 aromatic rings. The highest BCUT2D eigenvalue weighted by molar-refractivity contribution is 6.46. The van der Waals surface area contributed by atoms with Gasteiger partial charge in [-0.1, -0.05) is 67.9 Å². The number of nitrogens with zero attached hydrogens (tertiary/aromatic N) is 3. The molecule has 7 heteroatoms. The molecule has 1 atom stereocenters. The van der Waals surface area contributed by atoms with E-state index in [4.69, 9.17) is 4.74 Å². The highest BCUT2D eigenvalue weighted by Gasteiger charge is 2.45. The molecule has 0 spiro atoms. The Balaban J connectivity index is 1.42. The van der Waals surface area contributed by atoms with Gasteiger partial charge in [-0.2, -0.15) is 0 Å². The van der Waals surface area contributed by atoms with E-state index < -0.39 is 17.7 Å². The maximum absolute atomic E-state index is 13.4. The van der Waals surface area contributed by atoms with Crippen molar-refractivity contribution in [3.63, 3.8) is 0 Å². The molecule has 210 valence electrons. The molecule has 2 heterocycles. The number of ether oxygens (including phenoxy) is 1. The minimum absolute atomic E-state index is 0.100. The Labute approximate surface area is 240 Å². The van der Waals surface area contributed by atoms with E-state index in [1.54, 1.807) is 41.7 Å². The van der Waals surface area contributed by atoms with E-state index >= 15 is 0 Å². The van der Waals surface area contributed by atoms with Crippen LogP contribution in [0.3, 0.4) is 0 Å². The van der Waals surface area contributed by atoms with Crippen LogP contribution in [-0.4, -0.2) is 37.8 Å². The Hall–Kier alpha value is -4.65. The molecule has 1 saturated heterocycles. The van der Waals surface area contributed by atoms with Gasteiger partial charge in [0.2, 0.25) is 0 Å². The van der Waals surface area contributed by atoms with Gasteiger partial charge in [-0.15, -0.1) is 0 Å². The van der Waals surface area contributed by atoms with Gasteiger partial charge in [0.15, 0.2) is 0 Å². The molecule has 0 aliphatic carbocycles. The smallest absolute Gasteiger partial charge is 0.295 e. The zero-order valence-electron chi connectivity index (χ0n) is 23.7. The summed E-state index contributed by atoms with van der Waals surface area (Å²) in [4.78, 5) is 32.3. The molecule has 5 rings (SSSR count). The van der Waals surface area contributed by atoms with Crippen LogP contribution in [0.4, 0.5) is 0 Å². The van der Waals surface area contributed by atoms with Crippen molar-refractivity contribution in [1.82, 2.24) is 14.5 Å². The second kappa shape index (κ2) is 12.3. The van der Waals surface area contributed by atoms with Gasteiger partial charge in [-0.25, -0.2) is 4.98 Å². The Morgan fingerprint density at radius 1 is 1.00 bits per heavy atom. The van der Waals surface area contributed by atoms with Crippen LogP contribution in [0.5, 0.6) is 5.75 Å². The van der Waals surface area contributed by atoms with Crippen molar-refractivity contribution in [3.8, 4) is 5.75 Å². The van der Waals surface area contributed by atoms with E-state index in [0.717, 1.165) is 22.3 Å². The molecule has 1 amide bonds. The Kier molecular flexibility index (Phi) is 8.34. The molecule has 1 aromatic heterocycles. The topological polar surface area (TPSA) is 84.7 Å². The summed E-state index contributed by atoms with van der Waals surface area (Å²) in [6, 6.07) is 22.3. The molecule has 41 heavy (non-hydrogen) atoms. The van der Waals surface area contributed by atoms with Crippen LogP contribution >= 0.6 is 0 Å². The maximum Gasteiger partial charge on any atom is 0.295 e. The number of rotatable bonds is 10. The van der Waals surface area contributed by atoms with Crippen LogP contribution in [0.15, 0.2) is 97.1 Å². The van der Waals surface area contributed by atoms with Gasteiger partial charge >= 0.3 is 0 Å². The molecule has 1 fully saturated rings. The number of aryl methyl sites for hydroxylation is 2. The van der Waals surface area contributed by atoms with Crippen molar-refractivity contribution < 1.29 is 19.4 Å². The number of Topliss-reactive ketones (excluding diaryl/α,β-unsaturated/α-hetero) is 1. The average Bonchev–Trinajstić information content (AvgIpc) is 3.58. The largest absolute Gasteiger partial charge is 0.507 e. The molecule has 3 aromatic carbocycles. The molecule has 7 nitrogen and oxygen atoms in total. The first-order valence-electron chi connectivity index (χ1n) is 13.9. The number of aliphatic hydroxyl groups excluding tert-OH is 1. The maximum atomic E-state index is 13.4. The van der Waals surface area contributed by atoms with E-state index in [9.17, 15) is 14.7 Å². The SMILES string of the molecule is Cc1cccc(COc2ccc(C(O)=C3C(=O)C(=O)N(CCCn4ccnc4)[C@H]3c3ccc(C(C)C)cc3)cc2)c1. The standard InChI is InChI=1S/C34H35N3O4/c1-23(2)26-8-10-27(11-9-26)31-30(33(39)34(40)37(31)18-5-17-36-19-16-35-22-36)32(38)28-12-14-29(15-13-28)41-21-25-7-4-6-24(3)20-25/h4,6-16,19-20,22-23,31,38H,5,17-18,21H2,1-3H3/t31-/m0/s1. The predicted molar refractivity (Wildman–Crippen MR) is 158 cm³/mol. The van der Waals surface area contributed by atoms with E-state index in [-0.39, 0.29) is 11.3 Å². The number of amides is 1. The van der Waals surface area contributed by atoms with Crippen molar-refractivity contribution >= 4 is 17.4 Å². The van der Waals surface area contributed by atoms with Gasteiger partial charge in [-0.3, -0.25) is 9.59 Å². The summed E-state index contributed by atoms with van der Waals surface area (Å²) in [7, 11) is 0. The number of hydrogen-bond acceptors (Lipinski definition) is 5. The fraction of sp³-hybridized carbons (Fsp3) is 0.265. The third kappa shape index (κ3) is 6.24. The summed E-state index contributed by atoms with van der Waals surface area (Å²) in [6.45, 7) is 7.71. The van der Waals surface area contributed by atoms with Gasteiger partial charge in [0.25, 0.3) is 11.7 Å². The van der Waals surface area contributed by atoms with E-state index in [1.165, 1.54) is 0 Å². The van der Waals surface area contributed by atoms with Gasteiger partial charge in [0.05, 0.1) is 17.9 Å². The number of carbonyl (C=O) groups excluding carboxylic acids is 2. The lowest BCUT2D eigenvalue weighted by molar-refractivity contribution is -0.139. The highest BCUT2D eigenvalue weighted by Crippen LogP contribution is 2.40. The van der Waals surface area contributed by atoms with Crippen molar-refractivity contribution in [2.75, 3.05) is 6.54 Å². The number of hydrogen-bond donors (Lipinski definition) is 1. The molecule has 1 aliphatic rings. The van der Waals surface area contributed by atoms with E-state index in [1.807, 2.05) is 60.2 Å². The second-order valence-corrected chi connectivity index (χ2v) is 10.8. The molecule has 0 unspecified atom stereocenters. The third-order valence-corrected chi connectivity index (χ3v) is 7.45. The number of ketones is 1. The molecule has 0 radical (unpaired) electrons. The van der Waals surface area contributed by atoms with Crippen molar-refractivity contribution in [2.45, 2.75) is 52.3 Å². The minimum atomic E-state index is -0.684. The summed E-state index contributed by atoms with van der Waals surface area (Å²) in [5, 5.41) is 11.4. The number of aromatic nitrogens is 2. The van der Waals surface area contributed by atoms with Crippen LogP contribution in [0, 0.1) is 6.92 Å². The Morgan fingerprint density at radius 2 is 1.76 bits per heavy atom. The molecule has 0 saturated carbocycles. The van der Waals surface area contributed by atoms with Crippen molar-refractivity contribution in [3.05, 3.63) is 125 Å². The van der Waals surface area contributed by atoms with Crippen molar-refractivity contribution in [1.29, 1.82) is 0 Å². The van der Waals surface area contributed by atoms with Gasteiger partial charge in [0.1, 0.15) is 18.1 Å². The van der Waals surface area contributed by atoms with Gasteiger partial charge in [0, 0.05) is 31.0 Å². The summed E-state index contributed by atoms with van der Waals surface area (Å²) in [6.07, 6.45) is 5.94. The number of benzene rings is 3. The summed E-state index contributed by atoms with van der Waals surface area (Å²) in [5.41, 5.74) is 4.73. The zero-order valence-corrected chi connectivity index (χ0v) is 23.7. The number of aliphatic hydroxyl groups is 1. The first-order valence-corrected chi connectivity index (χ1v) is 13.9. The fourth-order valence-electron chi connectivity index (χ4n) is 5.20. The van der Waals surface area contributed by atoms with Crippen molar-refractivity contribution in [2.24, 2.45) is 0 Å². The van der Waals surface area contributed by atoms with E-state index in [0.29, 0.717) is 43.3 Å². The first kappa shape index (κ1) is 27.9. The van der Waals surface area contributed by atoms with Crippen LogP contribution in [-0.2, 0) is 22.7 Å². The lowest BCUT2D eigenvalue weighted by atomic mass is 9.93. The Morgan fingerprint density at radius 3 is 2.41 bits per heavy atom. The number of carbonyl (C=O) groups is 2. The number of likely N-dealkylation sites (tertiary alicyclic amines) is 1. The normalized spacial score (nSPS) is 16.5. The second-order valence-electron chi connectivity index (χ2n) is 10.8. The molecular weight excluding hydrogens is 514 g/mol. The predicted octanol–water partition coefficient (Wildman–Crippen LogP) is 6.41. The van der Waals surface area contributed by atoms with Gasteiger partial charge < -0.3 is 19.3 Å². The lowest BCUT2D eigenvalue weighted by Crippen LogP contribution is -2.31. The lowest BCUT2D eigenvalue weighted by Gasteiger charge is -2.26. The zero-order chi connectivity index (χ0) is 28.9. The van der Waals surface area contributed by atoms with Crippen LogP contribution in [0.1, 0.15) is 60.0 Å². The fourth-order valence-corrected chi connectivity index (χ4v) is 5.20.